The number of hydrogen-bond donors (Lipinski definition) is 1. The van der Waals surface area contributed by atoms with Crippen molar-refractivity contribution in [3.8, 4) is 5.88 Å². The predicted octanol–water partition coefficient (Wildman–Crippen LogP) is 2.46. The molecule has 0 aliphatic carbocycles. The van der Waals surface area contributed by atoms with E-state index in [0.29, 0.717) is 19.1 Å². The van der Waals surface area contributed by atoms with Crippen LogP contribution in [0.15, 0.2) is 36.5 Å². The van der Waals surface area contributed by atoms with Gasteiger partial charge in [0.05, 0.1) is 49.8 Å². The lowest BCUT2D eigenvalue weighted by Crippen LogP contribution is -2.26. The van der Waals surface area contributed by atoms with Crippen molar-refractivity contribution >= 4 is 23.5 Å². The molecule has 0 unspecified atom stereocenters. The molecule has 1 aromatic carbocycles. The van der Waals surface area contributed by atoms with Gasteiger partial charge < -0.3 is 24.3 Å². The van der Waals surface area contributed by atoms with E-state index in [1.807, 2.05) is 0 Å². The van der Waals surface area contributed by atoms with Crippen LogP contribution >= 0.6 is 0 Å². The third-order valence-corrected chi connectivity index (χ3v) is 4.55. The summed E-state index contributed by atoms with van der Waals surface area (Å²) in [5.41, 5.74) is 0.663. The van der Waals surface area contributed by atoms with Crippen LogP contribution in [0.1, 0.15) is 43.9 Å². The normalized spacial score (nSPS) is 13.9. The number of carbonyl (C=O) groups is 3. The molecule has 0 atom stereocenters. The van der Waals surface area contributed by atoms with Gasteiger partial charge in [0.1, 0.15) is 6.10 Å². The van der Waals surface area contributed by atoms with Gasteiger partial charge in [-0.25, -0.2) is 14.6 Å². The number of benzene rings is 1. The largest absolute Gasteiger partial charge is 0.474 e. The molecule has 0 radical (unpaired) electrons. The fraction of sp³-hybridized carbons (Fsp3) is 0.333. The number of methoxy groups -OCH3 is 2. The molecule has 2 aromatic rings. The molecule has 9 heteroatoms. The second-order valence-electron chi connectivity index (χ2n) is 6.51. The van der Waals surface area contributed by atoms with Crippen LogP contribution < -0.4 is 10.1 Å². The Hall–Kier alpha value is -3.46. The minimum absolute atomic E-state index is 0.0367. The molecule has 3 rings (SSSR count). The number of esters is 2. The molecular formula is C21H22N2O7. The van der Waals surface area contributed by atoms with Crippen molar-refractivity contribution in [2.45, 2.75) is 18.9 Å². The lowest BCUT2D eigenvalue weighted by molar-refractivity contribution is 0.0237. The molecule has 1 saturated heterocycles. The summed E-state index contributed by atoms with van der Waals surface area (Å²) in [5, 5.41) is 2.62. The Morgan fingerprint density at radius 2 is 1.70 bits per heavy atom. The van der Waals surface area contributed by atoms with Crippen molar-refractivity contribution in [3.63, 3.8) is 0 Å². The number of amides is 1. The van der Waals surface area contributed by atoms with Crippen LogP contribution in [0.5, 0.6) is 5.88 Å². The summed E-state index contributed by atoms with van der Waals surface area (Å²) in [6.45, 7) is 1.30. The van der Waals surface area contributed by atoms with Crippen LogP contribution in [0.3, 0.4) is 0 Å². The van der Waals surface area contributed by atoms with Crippen molar-refractivity contribution in [2.24, 2.45) is 0 Å². The van der Waals surface area contributed by atoms with Gasteiger partial charge in [0.15, 0.2) is 0 Å². The van der Waals surface area contributed by atoms with Gasteiger partial charge in [0, 0.05) is 25.1 Å². The van der Waals surface area contributed by atoms with Crippen LogP contribution in [0.4, 0.5) is 5.69 Å². The quantitative estimate of drug-likeness (QED) is 0.717. The number of ether oxygens (including phenoxy) is 4. The van der Waals surface area contributed by atoms with Crippen LogP contribution in [0.2, 0.25) is 0 Å². The van der Waals surface area contributed by atoms with Crippen LogP contribution in [0, 0.1) is 0 Å². The van der Waals surface area contributed by atoms with E-state index in [1.165, 1.54) is 38.6 Å². The van der Waals surface area contributed by atoms with E-state index in [0.717, 1.165) is 12.8 Å². The number of pyridine rings is 1. The molecule has 2 heterocycles. The maximum absolute atomic E-state index is 12.7. The first-order valence-corrected chi connectivity index (χ1v) is 9.34. The number of aromatic nitrogens is 1. The number of hydrogen-bond acceptors (Lipinski definition) is 8. The monoisotopic (exact) mass is 414 g/mol. The first-order valence-electron chi connectivity index (χ1n) is 9.34. The van der Waals surface area contributed by atoms with Crippen LogP contribution in [-0.4, -0.2) is 56.4 Å². The van der Waals surface area contributed by atoms with E-state index >= 15 is 0 Å². The Morgan fingerprint density at radius 3 is 2.33 bits per heavy atom. The van der Waals surface area contributed by atoms with Gasteiger partial charge in [-0.3, -0.25) is 4.79 Å². The summed E-state index contributed by atoms with van der Waals surface area (Å²) in [5.74, 6) is -1.34. The Labute approximate surface area is 173 Å². The SMILES string of the molecule is COC(=O)c1ccc(C(=O)OC)c(NC(=O)c2ccc(OC3CCOCC3)nc2)c1. The zero-order chi connectivity index (χ0) is 21.5. The van der Waals surface area contributed by atoms with E-state index in [9.17, 15) is 14.4 Å². The smallest absolute Gasteiger partial charge is 0.339 e. The van der Waals surface area contributed by atoms with E-state index < -0.39 is 17.8 Å². The minimum atomic E-state index is -0.653. The molecule has 0 bridgehead atoms. The van der Waals surface area contributed by atoms with Crippen molar-refractivity contribution < 1.29 is 33.3 Å². The molecule has 0 spiro atoms. The van der Waals surface area contributed by atoms with E-state index in [-0.39, 0.29) is 28.5 Å². The molecule has 1 amide bonds. The fourth-order valence-corrected chi connectivity index (χ4v) is 2.92. The van der Waals surface area contributed by atoms with Gasteiger partial charge in [-0.05, 0) is 24.3 Å². The predicted molar refractivity (Wildman–Crippen MR) is 106 cm³/mol. The molecule has 1 fully saturated rings. The average Bonchev–Trinajstić information content (AvgIpc) is 2.79. The van der Waals surface area contributed by atoms with E-state index in [2.05, 4.69) is 15.0 Å². The first-order chi connectivity index (χ1) is 14.5. The van der Waals surface area contributed by atoms with Crippen molar-refractivity contribution in [3.05, 3.63) is 53.2 Å². The minimum Gasteiger partial charge on any atom is -0.474 e. The van der Waals surface area contributed by atoms with Gasteiger partial charge in [-0.2, -0.15) is 0 Å². The molecule has 1 N–H and O–H groups in total. The number of anilines is 1. The molecule has 1 aromatic heterocycles. The summed E-state index contributed by atoms with van der Waals surface area (Å²) in [7, 11) is 2.47. The summed E-state index contributed by atoms with van der Waals surface area (Å²) in [4.78, 5) is 40.6. The second-order valence-corrected chi connectivity index (χ2v) is 6.51. The molecule has 158 valence electrons. The third-order valence-electron chi connectivity index (χ3n) is 4.55. The highest BCUT2D eigenvalue weighted by atomic mass is 16.5. The van der Waals surface area contributed by atoms with Gasteiger partial charge in [0.2, 0.25) is 5.88 Å². The molecular weight excluding hydrogens is 392 g/mol. The van der Waals surface area contributed by atoms with Gasteiger partial charge in [-0.15, -0.1) is 0 Å². The standard InChI is InChI=1S/C21H22N2O7/c1-27-20(25)13-3-5-16(21(26)28-2)17(11-13)23-19(24)14-4-6-18(22-12-14)30-15-7-9-29-10-8-15/h3-6,11-12,15H,7-10H2,1-2H3,(H,23,24). The molecule has 9 nitrogen and oxygen atoms in total. The summed E-state index contributed by atoms with van der Waals surface area (Å²) in [6, 6.07) is 7.33. The highest BCUT2D eigenvalue weighted by molar-refractivity contribution is 6.08. The maximum Gasteiger partial charge on any atom is 0.339 e. The average molecular weight is 414 g/mol. The van der Waals surface area contributed by atoms with Crippen molar-refractivity contribution in [1.29, 1.82) is 0 Å². The Morgan fingerprint density at radius 1 is 1.00 bits per heavy atom. The summed E-state index contributed by atoms with van der Waals surface area (Å²) >= 11 is 0. The summed E-state index contributed by atoms with van der Waals surface area (Å²) < 4.78 is 20.5. The Balaban J connectivity index is 1.75. The second kappa shape index (κ2) is 9.84. The molecule has 1 aliphatic rings. The lowest BCUT2D eigenvalue weighted by atomic mass is 10.1. The van der Waals surface area contributed by atoms with E-state index in [4.69, 9.17) is 14.2 Å². The zero-order valence-corrected chi connectivity index (χ0v) is 16.7. The highest BCUT2D eigenvalue weighted by Crippen LogP contribution is 2.21. The van der Waals surface area contributed by atoms with Crippen LogP contribution in [-0.2, 0) is 14.2 Å². The van der Waals surface area contributed by atoms with Crippen molar-refractivity contribution in [1.82, 2.24) is 4.98 Å². The van der Waals surface area contributed by atoms with E-state index in [1.54, 1.807) is 12.1 Å². The number of nitrogens with zero attached hydrogens (tertiary/aromatic N) is 1. The highest BCUT2D eigenvalue weighted by Gasteiger charge is 2.19. The van der Waals surface area contributed by atoms with Crippen molar-refractivity contribution in [2.75, 3.05) is 32.8 Å². The Bertz CT molecular complexity index is 921. The first kappa shape index (κ1) is 21.3. The lowest BCUT2D eigenvalue weighted by Gasteiger charge is -2.22. The van der Waals surface area contributed by atoms with Gasteiger partial charge in [0.25, 0.3) is 5.91 Å². The zero-order valence-electron chi connectivity index (χ0n) is 16.7. The third kappa shape index (κ3) is 5.12. The topological polar surface area (TPSA) is 113 Å². The Kier molecular flexibility index (Phi) is 6.97. The molecule has 0 saturated carbocycles. The summed E-state index contributed by atoms with van der Waals surface area (Å²) in [6.07, 6.45) is 2.99. The number of carbonyl (C=O) groups excluding carboxylic acids is 3. The molecule has 1 aliphatic heterocycles. The number of rotatable bonds is 6. The van der Waals surface area contributed by atoms with Gasteiger partial charge in [-0.1, -0.05) is 0 Å². The fourth-order valence-electron chi connectivity index (χ4n) is 2.92. The van der Waals surface area contributed by atoms with Gasteiger partial charge >= 0.3 is 11.9 Å². The van der Waals surface area contributed by atoms with Crippen LogP contribution in [0.25, 0.3) is 0 Å². The molecule has 30 heavy (non-hydrogen) atoms. The number of nitrogens with one attached hydrogen (secondary N) is 1. The maximum atomic E-state index is 12.7.